The van der Waals surface area contributed by atoms with E-state index in [2.05, 4.69) is 5.92 Å². The first-order valence-corrected chi connectivity index (χ1v) is 2.38. The molecule has 0 aliphatic rings. The van der Waals surface area contributed by atoms with Crippen molar-refractivity contribution in [1.29, 1.82) is 0 Å². The highest BCUT2D eigenvalue weighted by Gasteiger charge is 1.96. The smallest absolute Gasteiger partial charge is 0.148 e. The van der Waals surface area contributed by atoms with E-state index in [1.807, 2.05) is 0 Å². The van der Waals surface area contributed by atoms with Crippen molar-refractivity contribution >= 4 is 6.29 Å². The molecule has 8 heavy (non-hydrogen) atoms. The van der Waals surface area contributed by atoms with E-state index in [1.165, 1.54) is 0 Å². The average molecular weight is 112 g/mol. The van der Waals surface area contributed by atoms with E-state index in [4.69, 9.17) is 11.5 Å². The van der Waals surface area contributed by atoms with Gasteiger partial charge >= 0.3 is 0 Å². The summed E-state index contributed by atoms with van der Waals surface area (Å²) in [6.45, 7) is 0. The maximum atomic E-state index is 9.69. The van der Waals surface area contributed by atoms with Gasteiger partial charge in [0, 0.05) is 6.42 Å². The summed E-state index contributed by atoms with van der Waals surface area (Å²) in [5.41, 5.74) is 0. The minimum Gasteiger partial charge on any atom is -0.386 e. The highest BCUT2D eigenvalue weighted by molar-refractivity contribution is 5.55. The quantitative estimate of drug-likeness (QED) is 0.411. The van der Waals surface area contributed by atoms with Crippen molar-refractivity contribution in [3.05, 3.63) is 0 Å². The summed E-state index contributed by atoms with van der Waals surface area (Å²) < 4.78 is 0. The Kier molecular flexibility index (Phi) is 3.91. The van der Waals surface area contributed by atoms with Gasteiger partial charge in [0.1, 0.15) is 12.4 Å². The predicted octanol–water partition coefficient (Wildman–Crippen LogP) is -0.0404. The van der Waals surface area contributed by atoms with Crippen LogP contribution in [0.4, 0.5) is 0 Å². The molecule has 0 aliphatic carbocycles. The lowest BCUT2D eigenvalue weighted by Crippen LogP contribution is -2.05. The van der Waals surface area contributed by atoms with E-state index in [-0.39, 0.29) is 0 Å². The molecule has 0 rings (SSSR count). The van der Waals surface area contributed by atoms with Crippen molar-refractivity contribution in [3.8, 4) is 12.3 Å². The van der Waals surface area contributed by atoms with Gasteiger partial charge in [-0.1, -0.05) is 0 Å². The zero-order valence-corrected chi connectivity index (χ0v) is 4.50. The Morgan fingerprint density at radius 1 is 1.88 bits per heavy atom. The van der Waals surface area contributed by atoms with Crippen LogP contribution in [0.5, 0.6) is 0 Å². The first kappa shape index (κ1) is 7.19. The molecule has 0 fully saturated rings. The van der Waals surface area contributed by atoms with Crippen LogP contribution in [-0.2, 0) is 4.79 Å². The van der Waals surface area contributed by atoms with Gasteiger partial charge in [-0.2, -0.15) is 0 Å². The van der Waals surface area contributed by atoms with Gasteiger partial charge in [-0.15, -0.1) is 12.3 Å². The summed E-state index contributed by atoms with van der Waals surface area (Å²) in [4.78, 5) is 9.69. The average Bonchev–Trinajstić information content (AvgIpc) is 1.83. The van der Waals surface area contributed by atoms with E-state index < -0.39 is 6.10 Å². The molecule has 2 heteroatoms. The second-order valence-corrected chi connectivity index (χ2v) is 1.45. The molecule has 1 unspecified atom stereocenters. The highest BCUT2D eigenvalue weighted by Crippen LogP contribution is 1.90. The van der Waals surface area contributed by atoms with E-state index in [9.17, 15) is 4.79 Å². The maximum Gasteiger partial charge on any atom is 0.148 e. The fraction of sp³-hybridized carbons (Fsp3) is 0.500. The van der Waals surface area contributed by atoms with Crippen molar-refractivity contribution in [1.82, 2.24) is 0 Å². The van der Waals surface area contributed by atoms with Crippen molar-refractivity contribution in [3.63, 3.8) is 0 Å². The molecular formula is C6H8O2. The van der Waals surface area contributed by atoms with E-state index in [1.54, 1.807) is 0 Å². The van der Waals surface area contributed by atoms with Crippen molar-refractivity contribution in [2.24, 2.45) is 0 Å². The molecule has 0 heterocycles. The Hall–Kier alpha value is -0.810. The number of aliphatic hydroxyl groups excluding tert-OH is 1. The fourth-order valence-corrected chi connectivity index (χ4v) is 0.299. The summed E-state index contributed by atoms with van der Waals surface area (Å²) in [5, 5.41) is 8.53. The third-order valence-corrected chi connectivity index (χ3v) is 0.742. The molecule has 0 saturated heterocycles. The lowest BCUT2D eigenvalue weighted by molar-refractivity contribution is -0.115. The summed E-state index contributed by atoms with van der Waals surface area (Å²) in [6.07, 6.45) is 5.30. The van der Waals surface area contributed by atoms with Gasteiger partial charge in [0.2, 0.25) is 0 Å². The van der Waals surface area contributed by atoms with Crippen molar-refractivity contribution in [2.45, 2.75) is 18.9 Å². The highest BCUT2D eigenvalue weighted by atomic mass is 16.3. The molecule has 0 spiro atoms. The van der Waals surface area contributed by atoms with Crippen LogP contribution < -0.4 is 0 Å². The van der Waals surface area contributed by atoms with Gasteiger partial charge < -0.3 is 9.90 Å². The number of rotatable bonds is 3. The zero-order chi connectivity index (χ0) is 6.41. The van der Waals surface area contributed by atoms with Gasteiger partial charge in [-0.05, 0) is 6.42 Å². The third kappa shape index (κ3) is 3.38. The van der Waals surface area contributed by atoms with Crippen LogP contribution >= 0.6 is 0 Å². The van der Waals surface area contributed by atoms with E-state index in [0.717, 1.165) is 0 Å². The standard InChI is InChI=1S/C6H8O2/c1-2-3-4-6(8)5-7/h1,5-6,8H,3-4H2. The second kappa shape index (κ2) is 4.35. The number of hydrogen-bond acceptors (Lipinski definition) is 2. The Balaban J connectivity index is 3.13. The number of aldehydes is 1. The van der Waals surface area contributed by atoms with Crippen LogP contribution in [0, 0.1) is 12.3 Å². The molecule has 0 aromatic rings. The van der Waals surface area contributed by atoms with Crippen LogP contribution in [0.2, 0.25) is 0 Å². The van der Waals surface area contributed by atoms with Crippen LogP contribution in [0.15, 0.2) is 0 Å². The van der Waals surface area contributed by atoms with Crippen LogP contribution in [0.25, 0.3) is 0 Å². The number of terminal acetylenes is 1. The number of aliphatic hydroxyl groups is 1. The summed E-state index contributed by atoms with van der Waals surface area (Å²) >= 11 is 0. The van der Waals surface area contributed by atoms with Crippen molar-refractivity contribution in [2.75, 3.05) is 0 Å². The second-order valence-electron chi connectivity index (χ2n) is 1.45. The van der Waals surface area contributed by atoms with Crippen LogP contribution in [0.1, 0.15) is 12.8 Å². The van der Waals surface area contributed by atoms with Gasteiger partial charge in [0.25, 0.3) is 0 Å². The van der Waals surface area contributed by atoms with Crippen LogP contribution in [-0.4, -0.2) is 17.5 Å². The molecule has 0 aromatic heterocycles. The lowest BCUT2D eigenvalue weighted by atomic mass is 10.2. The van der Waals surface area contributed by atoms with Gasteiger partial charge in [0.15, 0.2) is 0 Å². The molecule has 1 atom stereocenters. The number of carbonyl (C=O) groups is 1. The maximum absolute atomic E-state index is 9.69. The number of hydrogen-bond donors (Lipinski definition) is 1. The molecule has 1 N–H and O–H groups in total. The number of carbonyl (C=O) groups excluding carboxylic acids is 1. The largest absolute Gasteiger partial charge is 0.386 e. The molecule has 0 radical (unpaired) electrons. The van der Waals surface area contributed by atoms with E-state index >= 15 is 0 Å². The normalized spacial score (nSPS) is 12.0. The Morgan fingerprint density at radius 3 is 2.88 bits per heavy atom. The zero-order valence-electron chi connectivity index (χ0n) is 4.50. The molecule has 0 amide bonds. The van der Waals surface area contributed by atoms with Gasteiger partial charge in [-0.3, -0.25) is 0 Å². The minimum atomic E-state index is -0.869. The first-order chi connectivity index (χ1) is 3.81. The molecule has 0 aliphatic heterocycles. The predicted molar refractivity (Wildman–Crippen MR) is 30.1 cm³/mol. The molecule has 44 valence electrons. The minimum absolute atomic E-state index is 0.375. The Bertz CT molecular complexity index is 102. The van der Waals surface area contributed by atoms with Crippen LogP contribution in [0.3, 0.4) is 0 Å². The SMILES string of the molecule is C#CCCC(O)C=O. The first-order valence-electron chi connectivity index (χ1n) is 2.38. The van der Waals surface area contributed by atoms with E-state index in [0.29, 0.717) is 19.1 Å². The Morgan fingerprint density at radius 2 is 2.50 bits per heavy atom. The molecule has 0 aromatic carbocycles. The third-order valence-electron chi connectivity index (χ3n) is 0.742. The van der Waals surface area contributed by atoms with Gasteiger partial charge in [0.05, 0.1) is 0 Å². The topological polar surface area (TPSA) is 37.3 Å². The summed E-state index contributed by atoms with van der Waals surface area (Å²) in [7, 11) is 0. The summed E-state index contributed by atoms with van der Waals surface area (Å²) in [6, 6.07) is 0. The molecular weight excluding hydrogens is 104 g/mol. The lowest BCUT2D eigenvalue weighted by Gasteiger charge is -1.94. The monoisotopic (exact) mass is 112 g/mol. The fourth-order valence-electron chi connectivity index (χ4n) is 0.299. The van der Waals surface area contributed by atoms with Crippen molar-refractivity contribution < 1.29 is 9.90 Å². The van der Waals surface area contributed by atoms with Gasteiger partial charge in [-0.25, -0.2) is 0 Å². The molecule has 2 nitrogen and oxygen atoms in total. The molecule has 0 bridgehead atoms. The summed E-state index contributed by atoms with van der Waals surface area (Å²) in [5.74, 6) is 2.31. The molecule has 0 saturated carbocycles. The Labute approximate surface area is 48.5 Å².